The number of hydrogen-bond acceptors (Lipinski definition) is 2. The summed E-state index contributed by atoms with van der Waals surface area (Å²) in [5.41, 5.74) is 1.63. The number of likely N-dealkylation sites (tertiary alicyclic amines) is 1. The fourth-order valence-corrected chi connectivity index (χ4v) is 2.81. The third kappa shape index (κ3) is 3.22. The zero-order valence-corrected chi connectivity index (χ0v) is 11.5. The highest BCUT2D eigenvalue weighted by Crippen LogP contribution is 2.21. The molecule has 0 saturated carbocycles. The molecule has 0 bridgehead atoms. The quantitative estimate of drug-likeness (QED) is 0.788. The fourth-order valence-electron chi connectivity index (χ4n) is 2.50. The smallest absolute Gasteiger partial charge is 0.253 e. The molecule has 0 aromatic carbocycles. The molecule has 98 valence electrons. The average molecular weight is 267 g/mol. The lowest BCUT2D eigenvalue weighted by Crippen LogP contribution is -2.40. The van der Waals surface area contributed by atoms with Gasteiger partial charge >= 0.3 is 0 Å². The van der Waals surface area contributed by atoms with Crippen LogP contribution in [0, 0.1) is 12.8 Å². The zero-order valence-electron chi connectivity index (χ0n) is 10.7. The number of carbonyl (C=O) groups excluding carboxylic acids is 1. The number of piperidine rings is 1. The van der Waals surface area contributed by atoms with Crippen LogP contribution in [-0.2, 0) is 0 Å². The van der Waals surface area contributed by atoms with E-state index in [1.54, 1.807) is 12.3 Å². The second-order valence-electron chi connectivity index (χ2n) is 4.92. The Morgan fingerprint density at radius 2 is 2.44 bits per heavy atom. The largest absolute Gasteiger partial charge is 0.338 e. The molecule has 1 aromatic heterocycles. The summed E-state index contributed by atoms with van der Waals surface area (Å²) in [6, 6.07) is 3.65. The van der Waals surface area contributed by atoms with E-state index in [-0.39, 0.29) is 5.91 Å². The Kier molecular flexibility index (Phi) is 4.59. The van der Waals surface area contributed by atoms with E-state index in [0.29, 0.717) is 11.8 Å². The molecule has 1 atom stereocenters. The van der Waals surface area contributed by atoms with Crippen LogP contribution in [0.4, 0.5) is 0 Å². The highest BCUT2D eigenvalue weighted by Gasteiger charge is 2.24. The van der Waals surface area contributed by atoms with Crippen molar-refractivity contribution in [1.82, 2.24) is 9.88 Å². The number of hydrogen-bond donors (Lipinski definition) is 0. The molecule has 18 heavy (non-hydrogen) atoms. The summed E-state index contributed by atoms with van der Waals surface area (Å²) < 4.78 is 0. The van der Waals surface area contributed by atoms with Crippen molar-refractivity contribution >= 4 is 17.5 Å². The number of pyridine rings is 1. The number of rotatable bonds is 3. The molecular weight excluding hydrogens is 248 g/mol. The molecule has 1 fully saturated rings. The summed E-state index contributed by atoms with van der Waals surface area (Å²) in [6.07, 6.45) is 4.96. The molecule has 1 aromatic rings. The predicted molar refractivity (Wildman–Crippen MR) is 72.9 cm³/mol. The summed E-state index contributed by atoms with van der Waals surface area (Å²) in [4.78, 5) is 18.4. The van der Waals surface area contributed by atoms with Crippen LogP contribution in [0.1, 0.15) is 35.3 Å². The minimum Gasteiger partial charge on any atom is -0.338 e. The van der Waals surface area contributed by atoms with E-state index >= 15 is 0 Å². The first-order valence-corrected chi connectivity index (χ1v) is 7.02. The maximum atomic E-state index is 12.4. The SMILES string of the molecule is Cc1cc(C(=O)N2CCCC(CCCl)C2)ccn1. The van der Waals surface area contributed by atoms with Crippen LogP contribution >= 0.6 is 11.6 Å². The van der Waals surface area contributed by atoms with Crippen molar-refractivity contribution in [3.8, 4) is 0 Å². The minimum atomic E-state index is 0.125. The van der Waals surface area contributed by atoms with Crippen LogP contribution in [0.5, 0.6) is 0 Å². The molecule has 2 heterocycles. The van der Waals surface area contributed by atoms with Crippen LogP contribution in [0.2, 0.25) is 0 Å². The molecule has 1 unspecified atom stereocenters. The molecule has 4 heteroatoms. The first-order chi connectivity index (χ1) is 8.70. The van der Waals surface area contributed by atoms with E-state index < -0.39 is 0 Å². The molecule has 1 amide bonds. The van der Waals surface area contributed by atoms with E-state index in [2.05, 4.69) is 4.98 Å². The van der Waals surface area contributed by atoms with Crippen molar-refractivity contribution in [2.45, 2.75) is 26.2 Å². The molecule has 0 radical (unpaired) electrons. The van der Waals surface area contributed by atoms with Crippen molar-refractivity contribution in [2.75, 3.05) is 19.0 Å². The average Bonchev–Trinajstić information content (AvgIpc) is 2.39. The third-order valence-corrected chi connectivity index (χ3v) is 3.69. The summed E-state index contributed by atoms with van der Waals surface area (Å²) in [6.45, 7) is 3.61. The third-order valence-electron chi connectivity index (χ3n) is 3.47. The van der Waals surface area contributed by atoms with Gasteiger partial charge in [-0.2, -0.15) is 0 Å². The van der Waals surface area contributed by atoms with Crippen molar-refractivity contribution in [3.63, 3.8) is 0 Å². The van der Waals surface area contributed by atoms with Crippen LogP contribution in [-0.4, -0.2) is 34.8 Å². The van der Waals surface area contributed by atoms with Gasteiger partial charge in [0.05, 0.1) is 0 Å². The van der Waals surface area contributed by atoms with Gasteiger partial charge in [-0.15, -0.1) is 11.6 Å². The summed E-state index contributed by atoms with van der Waals surface area (Å²) >= 11 is 5.79. The van der Waals surface area contributed by atoms with E-state index in [9.17, 15) is 4.79 Å². The maximum Gasteiger partial charge on any atom is 0.253 e. The van der Waals surface area contributed by atoms with Gasteiger partial charge in [0.25, 0.3) is 5.91 Å². The second-order valence-corrected chi connectivity index (χ2v) is 5.30. The molecule has 1 aliphatic heterocycles. The number of aryl methyl sites for hydroxylation is 1. The highest BCUT2D eigenvalue weighted by molar-refractivity contribution is 6.17. The lowest BCUT2D eigenvalue weighted by molar-refractivity contribution is 0.0671. The molecule has 1 saturated heterocycles. The van der Waals surface area contributed by atoms with Gasteiger partial charge < -0.3 is 4.90 Å². The summed E-state index contributed by atoms with van der Waals surface area (Å²) in [5.74, 6) is 1.36. The molecule has 2 rings (SSSR count). The molecule has 3 nitrogen and oxygen atoms in total. The standard InChI is InChI=1S/C14H19ClN2O/c1-11-9-13(5-7-16-11)14(18)17-8-2-3-12(10-17)4-6-15/h5,7,9,12H,2-4,6,8,10H2,1H3. The van der Waals surface area contributed by atoms with Gasteiger partial charge in [0.2, 0.25) is 0 Å². The number of amides is 1. The Morgan fingerprint density at radius 3 is 3.17 bits per heavy atom. The molecular formula is C14H19ClN2O. The zero-order chi connectivity index (χ0) is 13.0. The molecule has 0 spiro atoms. The first kappa shape index (κ1) is 13.3. The number of halogens is 1. The van der Waals surface area contributed by atoms with Gasteiger partial charge in [-0.3, -0.25) is 9.78 Å². The Hall–Kier alpha value is -1.09. The summed E-state index contributed by atoms with van der Waals surface area (Å²) in [7, 11) is 0. The fraction of sp³-hybridized carbons (Fsp3) is 0.571. The molecule has 0 aliphatic carbocycles. The van der Waals surface area contributed by atoms with Crippen molar-refractivity contribution in [1.29, 1.82) is 0 Å². The van der Waals surface area contributed by atoms with Crippen molar-refractivity contribution in [2.24, 2.45) is 5.92 Å². The second kappa shape index (κ2) is 6.19. The van der Waals surface area contributed by atoms with Crippen molar-refractivity contribution in [3.05, 3.63) is 29.6 Å². The van der Waals surface area contributed by atoms with E-state index in [1.165, 1.54) is 6.42 Å². The highest BCUT2D eigenvalue weighted by atomic mass is 35.5. The Labute approximate surface area is 113 Å². The van der Waals surface area contributed by atoms with Crippen LogP contribution in [0.15, 0.2) is 18.3 Å². The Morgan fingerprint density at radius 1 is 1.61 bits per heavy atom. The maximum absolute atomic E-state index is 12.4. The van der Waals surface area contributed by atoms with Gasteiger partial charge in [-0.05, 0) is 44.2 Å². The van der Waals surface area contributed by atoms with E-state index in [0.717, 1.165) is 37.2 Å². The molecule has 1 aliphatic rings. The Bertz CT molecular complexity index is 420. The van der Waals surface area contributed by atoms with Crippen LogP contribution in [0.3, 0.4) is 0 Å². The Balaban J connectivity index is 2.04. The van der Waals surface area contributed by atoms with Crippen LogP contribution < -0.4 is 0 Å². The monoisotopic (exact) mass is 266 g/mol. The van der Waals surface area contributed by atoms with Gasteiger partial charge in [-0.1, -0.05) is 0 Å². The minimum absolute atomic E-state index is 0.125. The van der Waals surface area contributed by atoms with Crippen molar-refractivity contribution < 1.29 is 4.79 Å². The topological polar surface area (TPSA) is 33.2 Å². The first-order valence-electron chi connectivity index (χ1n) is 6.48. The normalized spacial score (nSPS) is 19.9. The van der Waals surface area contributed by atoms with E-state index in [1.807, 2.05) is 17.9 Å². The lowest BCUT2D eigenvalue weighted by Gasteiger charge is -2.32. The predicted octanol–water partition coefficient (Wildman–Crippen LogP) is 2.87. The lowest BCUT2D eigenvalue weighted by atomic mass is 9.95. The number of carbonyl (C=O) groups is 1. The number of aromatic nitrogens is 1. The van der Waals surface area contributed by atoms with Crippen LogP contribution in [0.25, 0.3) is 0 Å². The summed E-state index contributed by atoms with van der Waals surface area (Å²) in [5, 5.41) is 0. The van der Waals surface area contributed by atoms with Gasteiger partial charge in [0.15, 0.2) is 0 Å². The van der Waals surface area contributed by atoms with Gasteiger partial charge in [-0.25, -0.2) is 0 Å². The van der Waals surface area contributed by atoms with Gasteiger partial charge in [0.1, 0.15) is 0 Å². The number of nitrogens with zero attached hydrogens (tertiary/aromatic N) is 2. The molecule has 0 N–H and O–H groups in total. The number of alkyl halides is 1. The van der Waals surface area contributed by atoms with E-state index in [4.69, 9.17) is 11.6 Å². The van der Waals surface area contributed by atoms with Gasteiger partial charge in [0, 0.05) is 36.4 Å².